The fraction of sp³-hybridized carbons (Fsp3) is 0.483. The first-order valence-electron chi connectivity index (χ1n) is 13.2. The number of hydrogen-bond donors (Lipinski definition) is 2. The van der Waals surface area contributed by atoms with Crippen LogP contribution in [0.15, 0.2) is 47.6 Å². The van der Waals surface area contributed by atoms with E-state index in [4.69, 9.17) is 19.9 Å². The lowest BCUT2D eigenvalue weighted by atomic mass is 9.85. The van der Waals surface area contributed by atoms with Crippen LogP contribution in [0.4, 0.5) is 10.5 Å². The highest BCUT2D eigenvalue weighted by molar-refractivity contribution is 5.93. The Morgan fingerprint density at radius 1 is 1.27 bits per heavy atom. The number of hydrogen-bond acceptors (Lipinski definition) is 9. The molecule has 3 atom stereocenters. The average molecular weight is 571 g/mol. The number of alkyl carbamates (subject to hydrolysis) is 1. The summed E-state index contributed by atoms with van der Waals surface area (Å²) in [6.45, 7) is 16.7. The lowest BCUT2D eigenvalue weighted by molar-refractivity contribution is -0.152. The second-order valence-corrected chi connectivity index (χ2v) is 10.6. The molecule has 1 aromatic carbocycles. The van der Waals surface area contributed by atoms with E-state index in [9.17, 15) is 14.4 Å². The summed E-state index contributed by atoms with van der Waals surface area (Å²) in [5.74, 6) is -0.804. The highest BCUT2D eigenvalue weighted by Gasteiger charge is 2.46. The number of esters is 1. The van der Waals surface area contributed by atoms with Crippen molar-refractivity contribution in [3.05, 3.63) is 43.0 Å². The molecule has 2 amide bonds. The molecule has 0 bridgehead atoms. The second kappa shape index (κ2) is 14.9. The lowest BCUT2D eigenvalue weighted by Gasteiger charge is -2.34. The summed E-state index contributed by atoms with van der Waals surface area (Å²) in [6, 6.07) is 3.31. The Labute approximate surface area is 241 Å². The van der Waals surface area contributed by atoms with Crippen LogP contribution in [0.2, 0.25) is 0 Å². The van der Waals surface area contributed by atoms with Crippen molar-refractivity contribution in [2.24, 2.45) is 27.3 Å². The Bertz CT molecular complexity index is 1160. The third-order valence-corrected chi connectivity index (χ3v) is 6.64. The largest absolute Gasteiger partial charge is 0.496 e. The van der Waals surface area contributed by atoms with Crippen LogP contribution in [0.3, 0.4) is 0 Å². The molecule has 12 nitrogen and oxygen atoms in total. The molecule has 1 heterocycles. The molecule has 0 aromatic heterocycles. The number of carbonyl (C=O) groups is 3. The van der Waals surface area contributed by atoms with Crippen molar-refractivity contribution in [3.63, 3.8) is 0 Å². The van der Waals surface area contributed by atoms with Gasteiger partial charge in [0.15, 0.2) is 0 Å². The van der Waals surface area contributed by atoms with E-state index in [0.717, 1.165) is 5.56 Å². The van der Waals surface area contributed by atoms with Crippen LogP contribution in [0, 0.1) is 11.3 Å². The van der Waals surface area contributed by atoms with Crippen LogP contribution in [0.5, 0.6) is 5.75 Å². The number of likely N-dealkylation sites (tertiary alicyclic amines) is 1. The van der Waals surface area contributed by atoms with E-state index in [1.807, 2.05) is 20.8 Å². The van der Waals surface area contributed by atoms with Crippen LogP contribution >= 0.6 is 0 Å². The van der Waals surface area contributed by atoms with Crippen molar-refractivity contribution >= 4 is 42.3 Å². The Hall–Kier alpha value is -4.35. The molecule has 0 saturated carbocycles. The summed E-state index contributed by atoms with van der Waals surface area (Å²) in [4.78, 5) is 40.5. The van der Waals surface area contributed by atoms with Gasteiger partial charge in [-0.15, -0.1) is 11.7 Å². The van der Waals surface area contributed by atoms with Crippen LogP contribution in [0.1, 0.15) is 45.6 Å². The maximum atomic E-state index is 13.8. The van der Waals surface area contributed by atoms with Crippen molar-refractivity contribution in [1.29, 1.82) is 0 Å². The third kappa shape index (κ3) is 8.57. The van der Waals surface area contributed by atoms with Gasteiger partial charge < -0.3 is 30.2 Å². The molecule has 41 heavy (non-hydrogen) atoms. The van der Waals surface area contributed by atoms with Crippen LogP contribution < -0.4 is 20.9 Å². The minimum atomic E-state index is -0.985. The average Bonchev–Trinajstić information content (AvgIpc) is 3.41. The van der Waals surface area contributed by atoms with E-state index < -0.39 is 41.4 Å². The molecular formula is C29H42N6O6. The summed E-state index contributed by atoms with van der Waals surface area (Å²) in [6.07, 6.45) is 4.12. The summed E-state index contributed by atoms with van der Waals surface area (Å²) in [5.41, 5.74) is 6.97. The summed E-state index contributed by atoms with van der Waals surface area (Å²) >= 11 is 0. The Balaban J connectivity index is 2.31. The second-order valence-electron chi connectivity index (χ2n) is 10.6. The monoisotopic (exact) mass is 570 g/mol. The topological polar surface area (TPSA) is 148 Å². The molecule has 0 unspecified atom stereocenters. The number of unbranched alkanes of at least 4 members (excludes halogenated alkanes) is 1. The van der Waals surface area contributed by atoms with Gasteiger partial charge in [0.25, 0.3) is 0 Å². The minimum Gasteiger partial charge on any atom is -0.496 e. The first-order chi connectivity index (χ1) is 19.4. The highest BCUT2D eigenvalue weighted by atomic mass is 16.5. The Morgan fingerprint density at radius 2 is 1.98 bits per heavy atom. The molecule has 0 radical (unpaired) electrons. The molecule has 1 saturated heterocycles. The van der Waals surface area contributed by atoms with E-state index in [2.05, 4.69) is 35.4 Å². The van der Waals surface area contributed by atoms with Gasteiger partial charge in [-0.25, -0.2) is 9.59 Å². The zero-order chi connectivity index (χ0) is 30.7. The van der Waals surface area contributed by atoms with E-state index in [0.29, 0.717) is 24.3 Å². The summed E-state index contributed by atoms with van der Waals surface area (Å²) in [7, 11) is 2.81. The van der Waals surface area contributed by atoms with Crippen molar-refractivity contribution in [2.75, 3.05) is 32.5 Å². The lowest BCUT2D eigenvalue weighted by Crippen LogP contribution is -2.57. The Morgan fingerprint density at radius 3 is 2.54 bits per heavy atom. The van der Waals surface area contributed by atoms with Crippen LogP contribution in [-0.2, 0) is 19.1 Å². The van der Waals surface area contributed by atoms with Gasteiger partial charge in [0, 0.05) is 24.7 Å². The maximum Gasteiger partial charge on any atom is 0.407 e. The van der Waals surface area contributed by atoms with Crippen molar-refractivity contribution < 1.29 is 28.6 Å². The first kappa shape index (κ1) is 32.9. The zero-order valence-electron chi connectivity index (χ0n) is 24.6. The number of anilines is 1. The maximum absolute atomic E-state index is 13.8. The van der Waals surface area contributed by atoms with Gasteiger partial charge in [-0.3, -0.25) is 4.79 Å². The van der Waals surface area contributed by atoms with Gasteiger partial charge in [-0.05, 0) is 42.9 Å². The van der Waals surface area contributed by atoms with E-state index in [-0.39, 0.29) is 25.4 Å². The standard InChI is InChI=1S/C29H42N6O6/c1-9-11-12-15-41-28(38)32-24(29(3,4)5)26(36)34-18-20(17-22(34)27(37)40-8)25(30)33-35(31-6)21-13-14-23(39-7)19(10-2)16-21/h9-10,13-14,16,20,22,24H,1-2,6,11-12,15,17-18H2,3-5,7-8H3,(H2,30,33)(H,32,38)/t20-,22+,24-/m1/s1. The Kier molecular flexibility index (Phi) is 11.9. The SMILES string of the molecule is C=CCCCOC(=O)N[C@H](C(=O)N1C[C@H](/C(N)=N/N(N=C)c2ccc(OC)c(C=C)c2)C[C@H]1C(=O)OC)C(C)(C)C. The number of amidine groups is 1. The molecule has 1 aromatic rings. The number of benzene rings is 1. The zero-order valence-corrected chi connectivity index (χ0v) is 24.6. The van der Waals surface area contributed by atoms with Crippen LogP contribution in [-0.4, -0.2) is 74.9 Å². The molecule has 1 aliphatic rings. The highest BCUT2D eigenvalue weighted by Crippen LogP contribution is 2.31. The van der Waals surface area contributed by atoms with E-state index in [1.54, 1.807) is 37.5 Å². The van der Waals surface area contributed by atoms with Crippen molar-refractivity contribution in [2.45, 2.75) is 52.1 Å². The quantitative estimate of drug-likeness (QED) is 0.0914. The van der Waals surface area contributed by atoms with Gasteiger partial charge in [0.1, 0.15) is 23.7 Å². The van der Waals surface area contributed by atoms with Gasteiger partial charge in [0.2, 0.25) is 5.91 Å². The number of nitrogens with zero attached hydrogens (tertiary/aromatic N) is 4. The molecule has 0 spiro atoms. The summed E-state index contributed by atoms with van der Waals surface area (Å²) < 4.78 is 15.5. The van der Waals surface area contributed by atoms with E-state index >= 15 is 0 Å². The molecule has 0 aliphatic carbocycles. The number of carbonyl (C=O) groups excluding carboxylic acids is 3. The number of methoxy groups -OCH3 is 2. The first-order valence-corrected chi connectivity index (χ1v) is 13.2. The molecule has 2 rings (SSSR count). The summed E-state index contributed by atoms with van der Waals surface area (Å²) in [5, 5.41) is 12.3. The predicted octanol–water partition coefficient (Wildman–Crippen LogP) is 3.53. The number of allylic oxidation sites excluding steroid dienone is 1. The van der Waals surface area contributed by atoms with Crippen LogP contribution in [0.25, 0.3) is 6.08 Å². The fourth-order valence-electron chi connectivity index (χ4n) is 4.39. The minimum absolute atomic E-state index is 0.0715. The number of rotatable bonds is 13. The number of nitrogens with one attached hydrogen (secondary N) is 1. The molecule has 224 valence electrons. The fourth-order valence-corrected chi connectivity index (χ4v) is 4.39. The number of hydrazone groups is 2. The molecule has 12 heteroatoms. The molecule has 3 N–H and O–H groups in total. The van der Waals surface area contributed by atoms with E-state index in [1.165, 1.54) is 17.1 Å². The van der Waals surface area contributed by atoms with Gasteiger partial charge >= 0.3 is 12.1 Å². The number of ether oxygens (including phenoxy) is 3. The van der Waals surface area contributed by atoms with Crippen molar-refractivity contribution in [1.82, 2.24) is 10.2 Å². The third-order valence-electron chi connectivity index (χ3n) is 6.64. The smallest absolute Gasteiger partial charge is 0.407 e. The predicted molar refractivity (Wildman–Crippen MR) is 160 cm³/mol. The van der Waals surface area contributed by atoms with Crippen molar-refractivity contribution in [3.8, 4) is 5.75 Å². The molecular weight excluding hydrogens is 528 g/mol. The molecule has 1 fully saturated rings. The van der Waals surface area contributed by atoms with Gasteiger partial charge in [0.05, 0.1) is 26.5 Å². The normalized spacial score (nSPS) is 17.7. The number of amides is 2. The van der Waals surface area contributed by atoms with Gasteiger partial charge in [-0.2, -0.15) is 10.2 Å². The van der Waals surface area contributed by atoms with Gasteiger partial charge in [-0.1, -0.05) is 39.5 Å². The molecule has 1 aliphatic heterocycles. The number of nitrogens with two attached hydrogens (primary N) is 1.